The molecule has 0 saturated heterocycles. The number of rotatable bonds is 16. The summed E-state index contributed by atoms with van der Waals surface area (Å²) in [4.78, 5) is 22.8. The number of unbranched alkanes of at least 4 members (excludes halogenated alkanes) is 8. The highest BCUT2D eigenvalue weighted by Gasteiger charge is 2.15. The number of aliphatic carboxylic acids is 1. The Hall–Kier alpha value is -1.84. The van der Waals surface area contributed by atoms with Crippen LogP contribution in [0.1, 0.15) is 101 Å². The van der Waals surface area contributed by atoms with E-state index >= 15 is 0 Å². The van der Waals surface area contributed by atoms with Crippen molar-refractivity contribution >= 4 is 11.9 Å². The van der Waals surface area contributed by atoms with Gasteiger partial charge in [-0.05, 0) is 44.2 Å². The number of ether oxygens (including phenoxy) is 1. The molecule has 0 saturated carbocycles. The summed E-state index contributed by atoms with van der Waals surface area (Å²) in [6.45, 7) is 2.18. The van der Waals surface area contributed by atoms with Crippen molar-refractivity contribution in [3.05, 3.63) is 35.9 Å². The van der Waals surface area contributed by atoms with Crippen molar-refractivity contribution in [3.8, 4) is 0 Å². The number of carbonyl (C=O) groups excluding carboxylic acids is 1. The third kappa shape index (κ3) is 12.2. The van der Waals surface area contributed by atoms with Crippen LogP contribution < -0.4 is 0 Å². The Labute approximate surface area is 164 Å². The number of carboxylic acids is 1. The predicted molar refractivity (Wildman–Crippen MR) is 109 cm³/mol. The summed E-state index contributed by atoms with van der Waals surface area (Å²) in [5.41, 5.74) is 0.624. The number of hydrogen-bond acceptors (Lipinski definition) is 3. The topological polar surface area (TPSA) is 63.6 Å². The minimum Gasteiger partial charge on any atom is -0.481 e. The Kier molecular flexibility index (Phi) is 13.1. The molecule has 0 bridgehead atoms. The second-order valence-electron chi connectivity index (χ2n) is 7.30. The van der Waals surface area contributed by atoms with Crippen LogP contribution in [0.25, 0.3) is 0 Å². The van der Waals surface area contributed by atoms with Gasteiger partial charge in [-0.3, -0.25) is 4.79 Å². The minimum absolute atomic E-state index is 0.0137. The van der Waals surface area contributed by atoms with Crippen LogP contribution in [-0.2, 0) is 9.53 Å². The molecule has 152 valence electrons. The maximum atomic E-state index is 12.3. The van der Waals surface area contributed by atoms with Gasteiger partial charge < -0.3 is 9.84 Å². The van der Waals surface area contributed by atoms with Crippen LogP contribution in [-0.4, -0.2) is 23.1 Å². The van der Waals surface area contributed by atoms with Crippen LogP contribution in [0.4, 0.5) is 0 Å². The molecule has 0 aliphatic heterocycles. The van der Waals surface area contributed by atoms with E-state index in [-0.39, 0.29) is 18.5 Å². The van der Waals surface area contributed by atoms with E-state index in [1.807, 2.05) is 18.2 Å². The molecule has 1 rings (SSSR count). The van der Waals surface area contributed by atoms with E-state index < -0.39 is 5.97 Å². The Morgan fingerprint density at radius 3 is 2.00 bits per heavy atom. The van der Waals surface area contributed by atoms with Crippen LogP contribution in [0.2, 0.25) is 0 Å². The van der Waals surface area contributed by atoms with Crippen molar-refractivity contribution in [2.75, 3.05) is 0 Å². The molecule has 0 spiro atoms. The van der Waals surface area contributed by atoms with Crippen LogP contribution in [0.15, 0.2) is 30.3 Å². The summed E-state index contributed by atoms with van der Waals surface area (Å²) in [5.74, 6) is -0.912. The van der Waals surface area contributed by atoms with Gasteiger partial charge in [0.15, 0.2) is 0 Å². The Morgan fingerprint density at radius 2 is 1.41 bits per heavy atom. The minimum atomic E-state index is -0.700. The molecule has 4 heteroatoms. The zero-order chi connectivity index (χ0) is 19.7. The van der Waals surface area contributed by atoms with E-state index in [4.69, 9.17) is 9.84 Å². The highest BCUT2D eigenvalue weighted by Crippen LogP contribution is 2.17. The normalized spacial score (nSPS) is 11.9. The van der Waals surface area contributed by atoms with E-state index in [9.17, 15) is 9.59 Å². The molecule has 0 fully saturated rings. The molecular weight excluding hydrogens is 340 g/mol. The first-order valence-corrected chi connectivity index (χ1v) is 10.6. The second kappa shape index (κ2) is 15.2. The second-order valence-corrected chi connectivity index (χ2v) is 7.30. The third-order valence-corrected chi connectivity index (χ3v) is 4.83. The van der Waals surface area contributed by atoms with E-state index in [1.165, 1.54) is 19.3 Å². The molecule has 0 amide bonds. The molecule has 0 aromatic heterocycles. The summed E-state index contributed by atoms with van der Waals surface area (Å²) in [6.07, 6.45) is 13.1. The lowest BCUT2D eigenvalue weighted by molar-refractivity contribution is -0.137. The molecule has 1 aromatic rings. The number of esters is 1. The van der Waals surface area contributed by atoms with Crippen LogP contribution in [0, 0.1) is 0 Å². The van der Waals surface area contributed by atoms with Crippen molar-refractivity contribution in [3.63, 3.8) is 0 Å². The zero-order valence-electron chi connectivity index (χ0n) is 16.8. The lowest BCUT2D eigenvalue weighted by Gasteiger charge is -2.18. The van der Waals surface area contributed by atoms with Crippen LogP contribution in [0.3, 0.4) is 0 Å². The Bertz CT molecular complexity index is 512. The summed E-state index contributed by atoms with van der Waals surface area (Å²) in [7, 11) is 0. The average molecular weight is 377 g/mol. The van der Waals surface area contributed by atoms with Gasteiger partial charge in [0.1, 0.15) is 6.10 Å². The fraction of sp³-hybridized carbons (Fsp3) is 0.652. The number of benzene rings is 1. The van der Waals surface area contributed by atoms with Crippen LogP contribution in [0.5, 0.6) is 0 Å². The summed E-state index contributed by atoms with van der Waals surface area (Å²) in [6, 6.07) is 9.22. The Morgan fingerprint density at radius 1 is 0.852 bits per heavy atom. The molecule has 0 heterocycles. The molecule has 1 aromatic carbocycles. The fourth-order valence-corrected chi connectivity index (χ4v) is 3.21. The fourth-order valence-electron chi connectivity index (χ4n) is 3.21. The molecule has 1 atom stereocenters. The first-order valence-electron chi connectivity index (χ1n) is 10.6. The number of carboxylic acid groups (broad SMARTS) is 1. The molecule has 0 unspecified atom stereocenters. The van der Waals surface area contributed by atoms with Gasteiger partial charge in [0.05, 0.1) is 5.56 Å². The van der Waals surface area contributed by atoms with Crippen molar-refractivity contribution in [1.29, 1.82) is 0 Å². The summed E-state index contributed by atoms with van der Waals surface area (Å²) in [5, 5.41) is 8.61. The molecule has 0 aliphatic carbocycles. The van der Waals surface area contributed by atoms with E-state index in [2.05, 4.69) is 6.92 Å². The predicted octanol–water partition coefficient (Wildman–Crippen LogP) is 6.39. The zero-order valence-corrected chi connectivity index (χ0v) is 16.8. The summed E-state index contributed by atoms with van der Waals surface area (Å²) >= 11 is 0. The highest BCUT2D eigenvalue weighted by molar-refractivity contribution is 5.89. The highest BCUT2D eigenvalue weighted by atomic mass is 16.5. The van der Waals surface area contributed by atoms with Gasteiger partial charge in [-0.1, -0.05) is 70.1 Å². The van der Waals surface area contributed by atoms with Crippen molar-refractivity contribution in [1.82, 2.24) is 0 Å². The first-order chi connectivity index (χ1) is 13.1. The monoisotopic (exact) mass is 376 g/mol. The summed E-state index contributed by atoms with van der Waals surface area (Å²) < 4.78 is 5.77. The Balaban J connectivity index is 2.23. The number of hydrogen-bond donors (Lipinski definition) is 1. The van der Waals surface area contributed by atoms with E-state index in [1.54, 1.807) is 12.1 Å². The molecule has 0 radical (unpaired) electrons. The van der Waals surface area contributed by atoms with E-state index in [0.717, 1.165) is 57.8 Å². The lowest BCUT2D eigenvalue weighted by Crippen LogP contribution is -2.18. The van der Waals surface area contributed by atoms with Gasteiger partial charge in [-0.2, -0.15) is 0 Å². The molecule has 1 N–H and O–H groups in total. The van der Waals surface area contributed by atoms with Gasteiger partial charge in [-0.15, -0.1) is 0 Å². The largest absolute Gasteiger partial charge is 0.481 e. The first kappa shape index (κ1) is 23.2. The molecule has 4 nitrogen and oxygen atoms in total. The maximum Gasteiger partial charge on any atom is 0.338 e. The molecular formula is C23H36O4. The molecule has 0 aliphatic rings. The van der Waals surface area contributed by atoms with Gasteiger partial charge >= 0.3 is 11.9 Å². The van der Waals surface area contributed by atoms with Crippen molar-refractivity contribution in [2.24, 2.45) is 0 Å². The van der Waals surface area contributed by atoms with Crippen molar-refractivity contribution < 1.29 is 19.4 Å². The van der Waals surface area contributed by atoms with Gasteiger partial charge in [-0.25, -0.2) is 4.79 Å². The average Bonchev–Trinajstić information content (AvgIpc) is 2.67. The van der Waals surface area contributed by atoms with Gasteiger partial charge in [0.25, 0.3) is 0 Å². The maximum absolute atomic E-state index is 12.3. The van der Waals surface area contributed by atoms with Crippen molar-refractivity contribution in [2.45, 2.75) is 96.5 Å². The lowest BCUT2D eigenvalue weighted by atomic mass is 10.0. The smallest absolute Gasteiger partial charge is 0.338 e. The number of carbonyl (C=O) groups is 2. The van der Waals surface area contributed by atoms with Gasteiger partial charge in [0, 0.05) is 6.42 Å². The standard InChI is InChI=1S/C23H36O4/c1-2-3-10-17-21(27-23(26)20-15-11-9-12-16-20)18-13-7-5-4-6-8-14-19-22(24)25/h9,11-12,15-16,21H,2-8,10,13-14,17-19H2,1H3,(H,24,25)/t21-/m0/s1. The van der Waals surface area contributed by atoms with E-state index in [0.29, 0.717) is 5.56 Å². The van der Waals surface area contributed by atoms with Gasteiger partial charge in [0.2, 0.25) is 0 Å². The third-order valence-electron chi connectivity index (χ3n) is 4.83. The molecule has 27 heavy (non-hydrogen) atoms. The quantitative estimate of drug-likeness (QED) is 0.268. The van der Waals surface area contributed by atoms with Crippen LogP contribution >= 0.6 is 0 Å². The SMILES string of the molecule is CCCCC[C@@H](CCCCCCCCCC(=O)O)OC(=O)c1ccccc1.